The van der Waals surface area contributed by atoms with Crippen molar-refractivity contribution in [2.45, 2.75) is 25.9 Å². The van der Waals surface area contributed by atoms with Crippen LogP contribution in [0.25, 0.3) is 0 Å². The molecule has 0 saturated carbocycles. The number of carbonyl (C=O) groups excluding carboxylic acids is 1. The maximum atomic E-state index is 11.3. The van der Waals surface area contributed by atoms with Crippen molar-refractivity contribution in [3.05, 3.63) is 0 Å². The van der Waals surface area contributed by atoms with E-state index in [2.05, 4.69) is 12.2 Å². The highest BCUT2D eigenvalue weighted by molar-refractivity contribution is 5.73. The summed E-state index contributed by atoms with van der Waals surface area (Å²) in [5.41, 5.74) is -0.162. The first-order valence-electron chi connectivity index (χ1n) is 4.72. The van der Waals surface area contributed by atoms with Gasteiger partial charge in [0.05, 0.1) is 18.8 Å². The summed E-state index contributed by atoms with van der Waals surface area (Å²) in [7, 11) is 1.65. The van der Waals surface area contributed by atoms with E-state index < -0.39 is 0 Å². The molecule has 0 bridgehead atoms. The summed E-state index contributed by atoms with van der Waals surface area (Å²) >= 11 is 0. The summed E-state index contributed by atoms with van der Waals surface area (Å²) in [6.45, 7) is 6.13. The Kier molecular flexibility index (Phi) is 3.14. The topological polar surface area (TPSA) is 41.6 Å². The van der Waals surface area contributed by atoms with Crippen molar-refractivity contribution >= 4 is 6.03 Å². The van der Waals surface area contributed by atoms with Gasteiger partial charge in [-0.15, -0.1) is 0 Å². The second-order valence-electron chi connectivity index (χ2n) is 3.63. The van der Waals surface area contributed by atoms with E-state index in [-0.39, 0.29) is 11.6 Å². The molecule has 1 saturated heterocycles. The minimum atomic E-state index is -0.162. The van der Waals surface area contributed by atoms with Gasteiger partial charge in [-0.05, 0) is 13.3 Å². The van der Waals surface area contributed by atoms with Gasteiger partial charge < -0.3 is 15.0 Å². The summed E-state index contributed by atoms with van der Waals surface area (Å²) < 4.78 is 5.62. The third kappa shape index (κ3) is 2.34. The van der Waals surface area contributed by atoms with Crippen LogP contribution in [-0.2, 0) is 4.74 Å². The van der Waals surface area contributed by atoms with Crippen molar-refractivity contribution in [2.24, 2.45) is 0 Å². The van der Waals surface area contributed by atoms with Gasteiger partial charge >= 0.3 is 6.03 Å². The molecule has 1 unspecified atom stereocenters. The largest absolute Gasteiger partial charge is 0.372 e. The Morgan fingerprint density at radius 2 is 2.38 bits per heavy atom. The molecule has 0 aliphatic carbocycles. The highest BCUT2D eigenvalue weighted by Crippen LogP contribution is 2.20. The molecule has 4 heteroatoms. The van der Waals surface area contributed by atoms with E-state index in [0.29, 0.717) is 19.7 Å². The molecule has 1 atom stereocenters. The molecular weight excluding hydrogens is 168 g/mol. The summed E-state index contributed by atoms with van der Waals surface area (Å²) in [4.78, 5) is 13.1. The van der Waals surface area contributed by atoms with E-state index in [9.17, 15) is 4.79 Å². The van der Waals surface area contributed by atoms with Gasteiger partial charge in [0, 0.05) is 13.6 Å². The molecule has 13 heavy (non-hydrogen) atoms. The standard InChI is InChI=1S/C9H18N2O2/c1-4-9(2)7-11(5-6-13-9)8(12)10-3/h4-7H2,1-3H3,(H,10,12). The number of ether oxygens (including phenoxy) is 1. The predicted molar refractivity (Wildman–Crippen MR) is 50.7 cm³/mol. The Morgan fingerprint density at radius 1 is 1.69 bits per heavy atom. The molecule has 1 aliphatic rings. The number of nitrogens with one attached hydrogen (secondary N) is 1. The van der Waals surface area contributed by atoms with Gasteiger partial charge in [-0.1, -0.05) is 6.92 Å². The average molecular weight is 186 g/mol. The first kappa shape index (κ1) is 10.3. The van der Waals surface area contributed by atoms with Gasteiger partial charge in [-0.3, -0.25) is 0 Å². The first-order chi connectivity index (χ1) is 6.11. The lowest BCUT2D eigenvalue weighted by Crippen LogP contribution is -2.53. The van der Waals surface area contributed by atoms with Crippen molar-refractivity contribution in [2.75, 3.05) is 26.7 Å². The smallest absolute Gasteiger partial charge is 0.317 e. The number of hydrogen-bond donors (Lipinski definition) is 1. The van der Waals surface area contributed by atoms with Crippen LogP contribution in [-0.4, -0.2) is 43.3 Å². The Balaban J connectivity index is 2.56. The summed E-state index contributed by atoms with van der Waals surface area (Å²) in [5, 5.41) is 2.63. The van der Waals surface area contributed by atoms with Crippen LogP contribution in [0.5, 0.6) is 0 Å². The van der Waals surface area contributed by atoms with Crippen molar-refractivity contribution < 1.29 is 9.53 Å². The Bertz CT molecular complexity index is 196. The molecule has 76 valence electrons. The zero-order valence-corrected chi connectivity index (χ0v) is 8.59. The number of morpholine rings is 1. The summed E-state index contributed by atoms with van der Waals surface area (Å²) in [6, 6.07) is -0.0111. The normalized spacial score (nSPS) is 28.7. The minimum absolute atomic E-state index is 0.0111. The van der Waals surface area contributed by atoms with Crippen LogP contribution < -0.4 is 5.32 Å². The number of hydrogen-bond acceptors (Lipinski definition) is 2. The fourth-order valence-electron chi connectivity index (χ4n) is 1.48. The molecule has 4 nitrogen and oxygen atoms in total. The molecule has 1 rings (SSSR count). The number of urea groups is 1. The number of rotatable bonds is 1. The van der Waals surface area contributed by atoms with Crippen LogP contribution in [0.15, 0.2) is 0 Å². The fraction of sp³-hybridized carbons (Fsp3) is 0.889. The van der Waals surface area contributed by atoms with Gasteiger partial charge in [-0.2, -0.15) is 0 Å². The summed E-state index contributed by atoms with van der Waals surface area (Å²) in [5.74, 6) is 0. The lowest BCUT2D eigenvalue weighted by atomic mass is 10.0. The lowest BCUT2D eigenvalue weighted by molar-refractivity contribution is -0.0871. The maximum Gasteiger partial charge on any atom is 0.317 e. The van der Waals surface area contributed by atoms with E-state index in [1.165, 1.54) is 0 Å². The monoisotopic (exact) mass is 186 g/mol. The second-order valence-corrected chi connectivity index (χ2v) is 3.63. The third-order valence-electron chi connectivity index (χ3n) is 2.59. The molecule has 0 aromatic rings. The molecular formula is C9H18N2O2. The van der Waals surface area contributed by atoms with Gasteiger partial charge in [0.25, 0.3) is 0 Å². The SMILES string of the molecule is CCC1(C)CN(C(=O)NC)CCO1. The van der Waals surface area contributed by atoms with Gasteiger partial charge in [0.2, 0.25) is 0 Å². The van der Waals surface area contributed by atoms with Crippen molar-refractivity contribution in [3.63, 3.8) is 0 Å². The Labute approximate surface area is 79.2 Å². The Hall–Kier alpha value is -0.770. The van der Waals surface area contributed by atoms with Crippen LogP contribution in [0, 0.1) is 0 Å². The lowest BCUT2D eigenvalue weighted by Gasteiger charge is -2.39. The minimum Gasteiger partial charge on any atom is -0.372 e. The van der Waals surface area contributed by atoms with Gasteiger partial charge in [-0.25, -0.2) is 4.79 Å². The molecule has 1 aliphatic heterocycles. The van der Waals surface area contributed by atoms with Gasteiger partial charge in [0.1, 0.15) is 0 Å². The number of carbonyl (C=O) groups is 1. The number of nitrogens with zero attached hydrogens (tertiary/aromatic N) is 1. The number of amides is 2. The molecule has 0 radical (unpaired) electrons. The fourth-order valence-corrected chi connectivity index (χ4v) is 1.48. The molecule has 2 amide bonds. The van der Waals surface area contributed by atoms with Crippen LogP contribution in [0.4, 0.5) is 4.79 Å². The average Bonchev–Trinajstić information content (AvgIpc) is 2.17. The molecule has 1 fully saturated rings. The summed E-state index contributed by atoms with van der Waals surface area (Å²) in [6.07, 6.45) is 0.931. The molecule has 0 aromatic heterocycles. The van der Waals surface area contributed by atoms with Crippen molar-refractivity contribution in [1.82, 2.24) is 10.2 Å². The van der Waals surface area contributed by atoms with E-state index in [1.54, 1.807) is 11.9 Å². The van der Waals surface area contributed by atoms with Crippen LogP contribution >= 0.6 is 0 Å². The van der Waals surface area contributed by atoms with Crippen LogP contribution in [0.1, 0.15) is 20.3 Å². The highest BCUT2D eigenvalue weighted by Gasteiger charge is 2.32. The molecule has 1 heterocycles. The van der Waals surface area contributed by atoms with E-state index in [1.807, 2.05) is 6.92 Å². The maximum absolute atomic E-state index is 11.3. The third-order valence-corrected chi connectivity index (χ3v) is 2.59. The second kappa shape index (κ2) is 3.96. The first-order valence-corrected chi connectivity index (χ1v) is 4.72. The molecule has 0 spiro atoms. The van der Waals surface area contributed by atoms with E-state index in [0.717, 1.165) is 6.42 Å². The van der Waals surface area contributed by atoms with Crippen LogP contribution in [0.2, 0.25) is 0 Å². The quantitative estimate of drug-likeness (QED) is 0.659. The van der Waals surface area contributed by atoms with Crippen molar-refractivity contribution in [1.29, 1.82) is 0 Å². The van der Waals surface area contributed by atoms with Gasteiger partial charge in [0.15, 0.2) is 0 Å². The predicted octanol–water partition coefficient (Wildman–Crippen LogP) is 0.827. The zero-order chi connectivity index (χ0) is 9.90. The zero-order valence-electron chi connectivity index (χ0n) is 8.59. The van der Waals surface area contributed by atoms with Crippen LogP contribution in [0.3, 0.4) is 0 Å². The van der Waals surface area contributed by atoms with Crippen molar-refractivity contribution in [3.8, 4) is 0 Å². The Morgan fingerprint density at radius 3 is 2.92 bits per heavy atom. The van der Waals surface area contributed by atoms with E-state index in [4.69, 9.17) is 4.74 Å². The molecule has 1 N–H and O–H groups in total. The van der Waals surface area contributed by atoms with E-state index >= 15 is 0 Å². The highest BCUT2D eigenvalue weighted by atomic mass is 16.5. The molecule has 0 aromatic carbocycles.